The number of benzene rings is 2. The molecule has 0 saturated carbocycles. The Morgan fingerprint density at radius 2 is 1.71 bits per heavy atom. The van der Waals surface area contributed by atoms with Gasteiger partial charge in [-0.25, -0.2) is 4.98 Å². The van der Waals surface area contributed by atoms with Crippen LogP contribution in [0.15, 0.2) is 72.9 Å². The Labute approximate surface area is 264 Å². The maximum absolute atomic E-state index is 14.2. The highest BCUT2D eigenvalue weighted by molar-refractivity contribution is 5.98. The van der Waals surface area contributed by atoms with Gasteiger partial charge in [0.2, 0.25) is 17.7 Å². The summed E-state index contributed by atoms with van der Waals surface area (Å²) in [5.41, 5.74) is 2.03. The van der Waals surface area contributed by atoms with Gasteiger partial charge in [0.1, 0.15) is 0 Å². The van der Waals surface area contributed by atoms with Gasteiger partial charge >= 0.3 is 5.97 Å². The molecule has 2 amide bonds. The molecule has 1 N–H and O–H groups in total. The van der Waals surface area contributed by atoms with Gasteiger partial charge in [-0.15, -0.1) is 0 Å². The molecule has 0 spiro atoms. The van der Waals surface area contributed by atoms with Gasteiger partial charge in [0.05, 0.1) is 37.5 Å². The Bertz CT molecular complexity index is 1530. The van der Waals surface area contributed by atoms with Crippen molar-refractivity contribution in [3.05, 3.63) is 95.2 Å². The summed E-state index contributed by atoms with van der Waals surface area (Å²) in [5, 5.41) is 2.98. The minimum Gasteiger partial charge on any atom is -0.480 e. The second kappa shape index (κ2) is 14.5. The monoisotopic (exact) mass is 611 g/mol. The van der Waals surface area contributed by atoms with Crippen molar-refractivity contribution < 1.29 is 28.7 Å². The van der Waals surface area contributed by atoms with E-state index in [1.165, 1.54) is 14.2 Å². The molecule has 2 heterocycles. The summed E-state index contributed by atoms with van der Waals surface area (Å²) in [6, 6.07) is 20.9. The average Bonchev–Trinajstić information content (AvgIpc) is 3.33. The fourth-order valence-electron chi connectivity index (χ4n) is 6.97. The molecule has 1 saturated heterocycles. The number of likely N-dealkylation sites (tertiary alicyclic amines) is 1. The number of amides is 2. The van der Waals surface area contributed by atoms with Crippen LogP contribution in [0.2, 0.25) is 0 Å². The van der Waals surface area contributed by atoms with Crippen molar-refractivity contribution in [1.29, 1.82) is 0 Å². The number of nitrogens with one attached hydrogen (secondary N) is 1. The van der Waals surface area contributed by atoms with Crippen molar-refractivity contribution in [2.75, 3.05) is 33.9 Å². The predicted octanol–water partition coefficient (Wildman–Crippen LogP) is 4.83. The van der Waals surface area contributed by atoms with E-state index in [-0.39, 0.29) is 48.4 Å². The van der Waals surface area contributed by atoms with Gasteiger partial charge in [0, 0.05) is 32.3 Å². The first kappa shape index (κ1) is 31.9. The molecule has 5 rings (SSSR count). The minimum absolute atomic E-state index is 0.00745. The lowest BCUT2D eigenvalue weighted by molar-refractivity contribution is -0.140. The number of pyridine rings is 1. The van der Waals surface area contributed by atoms with Crippen LogP contribution in [-0.4, -0.2) is 67.3 Å². The number of ketones is 1. The van der Waals surface area contributed by atoms with Gasteiger partial charge in [-0.1, -0.05) is 54.6 Å². The van der Waals surface area contributed by atoms with Gasteiger partial charge in [0.15, 0.2) is 5.78 Å². The topological polar surface area (TPSA) is 115 Å². The van der Waals surface area contributed by atoms with Crippen molar-refractivity contribution in [1.82, 2.24) is 15.2 Å². The summed E-state index contributed by atoms with van der Waals surface area (Å²) >= 11 is 0. The molecule has 2 aromatic carbocycles. The SMILES string of the molecule is COC(=O)CCNC(=O)[C@]1(c2ccccc2)CC[C@@H](C(=O)N2CCCC(CC(=O)c3cccnc3OC)CC2)c2ccccc21. The Balaban J connectivity index is 1.34. The molecule has 45 heavy (non-hydrogen) atoms. The highest BCUT2D eigenvalue weighted by atomic mass is 16.5. The maximum atomic E-state index is 14.2. The molecule has 1 aliphatic carbocycles. The van der Waals surface area contributed by atoms with E-state index in [2.05, 4.69) is 10.3 Å². The Morgan fingerprint density at radius 1 is 0.933 bits per heavy atom. The standard InChI is InChI=1S/C36H41N3O6/c1-44-32(41)17-21-38-35(43)36(26-11-4-3-5-12-26)19-16-28(27-13-6-7-15-30(27)36)34(42)39-22-9-10-25(18-23-39)24-31(40)29-14-8-20-37-33(29)45-2/h3-8,11-15,20,25,28H,9-10,16-19,21-24H2,1-2H3,(H,38,43)/t25?,28-,36+/m1/s1. The van der Waals surface area contributed by atoms with Crippen LogP contribution in [-0.2, 0) is 24.5 Å². The van der Waals surface area contributed by atoms with Crippen molar-refractivity contribution in [2.24, 2.45) is 5.92 Å². The van der Waals surface area contributed by atoms with E-state index >= 15 is 0 Å². The zero-order valence-electron chi connectivity index (χ0n) is 26.0. The number of hydrogen-bond donors (Lipinski definition) is 1. The van der Waals surface area contributed by atoms with E-state index in [4.69, 9.17) is 9.47 Å². The minimum atomic E-state index is -0.998. The van der Waals surface area contributed by atoms with Crippen LogP contribution < -0.4 is 10.1 Å². The quantitative estimate of drug-likeness (QED) is 0.258. The van der Waals surface area contributed by atoms with Crippen LogP contribution in [0.5, 0.6) is 5.88 Å². The lowest BCUT2D eigenvalue weighted by atomic mass is 9.62. The Morgan fingerprint density at radius 3 is 2.49 bits per heavy atom. The largest absolute Gasteiger partial charge is 0.480 e. The molecule has 236 valence electrons. The number of methoxy groups -OCH3 is 2. The number of fused-ring (bicyclic) bond motifs is 1. The van der Waals surface area contributed by atoms with Gasteiger partial charge in [-0.3, -0.25) is 19.2 Å². The molecular weight excluding hydrogens is 570 g/mol. The van der Waals surface area contributed by atoms with E-state index in [0.717, 1.165) is 36.0 Å². The number of aromatic nitrogens is 1. The van der Waals surface area contributed by atoms with E-state index in [0.29, 0.717) is 43.8 Å². The summed E-state index contributed by atoms with van der Waals surface area (Å²) in [6.45, 7) is 1.38. The average molecular weight is 612 g/mol. The molecule has 1 aromatic heterocycles. The number of nitrogens with zero attached hydrogens (tertiary/aromatic N) is 2. The Kier molecular flexibility index (Phi) is 10.3. The van der Waals surface area contributed by atoms with Gasteiger partial charge in [-0.05, 0) is 66.8 Å². The van der Waals surface area contributed by atoms with Gasteiger partial charge in [-0.2, -0.15) is 0 Å². The molecule has 9 nitrogen and oxygen atoms in total. The zero-order valence-corrected chi connectivity index (χ0v) is 26.0. The summed E-state index contributed by atoms with van der Waals surface area (Å²) in [4.78, 5) is 59.2. The first-order valence-electron chi connectivity index (χ1n) is 15.7. The molecule has 9 heteroatoms. The smallest absolute Gasteiger partial charge is 0.307 e. The molecule has 3 aromatic rings. The third-order valence-electron chi connectivity index (χ3n) is 9.30. The van der Waals surface area contributed by atoms with Crippen molar-refractivity contribution >= 4 is 23.6 Å². The fraction of sp³-hybridized carbons (Fsp3) is 0.417. The van der Waals surface area contributed by atoms with Crippen LogP contribution in [0.4, 0.5) is 0 Å². The number of hydrogen-bond acceptors (Lipinski definition) is 7. The molecule has 0 radical (unpaired) electrons. The van der Waals surface area contributed by atoms with Crippen LogP contribution in [0.25, 0.3) is 0 Å². The van der Waals surface area contributed by atoms with E-state index in [1.54, 1.807) is 18.3 Å². The number of ether oxygens (including phenoxy) is 2. The molecular formula is C36H41N3O6. The molecule has 1 aliphatic heterocycles. The van der Waals surface area contributed by atoms with E-state index < -0.39 is 5.41 Å². The molecule has 2 aliphatic rings. The summed E-state index contributed by atoms with van der Waals surface area (Å²) in [7, 11) is 2.84. The van der Waals surface area contributed by atoms with Crippen LogP contribution >= 0.6 is 0 Å². The fourth-order valence-corrected chi connectivity index (χ4v) is 6.97. The normalized spacial score (nSPS) is 21.2. The molecule has 3 atom stereocenters. The van der Waals surface area contributed by atoms with Gasteiger partial charge < -0.3 is 19.7 Å². The highest BCUT2D eigenvalue weighted by Crippen LogP contribution is 2.48. The second-order valence-corrected chi connectivity index (χ2v) is 11.8. The summed E-state index contributed by atoms with van der Waals surface area (Å²) in [5.74, 6) is -0.378. The first-order valence-corrected chi connectivity index (χ1v) is 15.7. The van der Waals surface area contributed by atoms with Crippen molar-refractivity contribution in [3.8, 4) is 5.88 Å². The number of Topliss-reactive ketones (excluding diaryl/α,β-unsaturated/α-hetero) is 1. The molecule has 0 bridgehead atoms. The molecule has 1 unspecified atom stereocenters. The number of carbonyl (C=O) groups is 4. The lowest BCUT2D eigenvalue weighted by Gasteiger charge is -2.42. The van der Waals surface area contributed by atoms with E-state index in [9.17, 15) is 19.2 Å². The zero-order chi connectivity index (χ0) is 31.8. The van der Waals surface area contributed by atoms with Crippen LogP contribution in [0, 0.1) is 5.92 Å². The van der Waals surface area contributed by atoms with Gasteiger partial charge in [0.25, 0.3) is 0 Å². The highest BCUT2D eigenvalue weighted by Gasteiger charge is 2.48. The third kappa shape index (κ3) is 6.77. The van der Waals surface area contributed by atoms with E-state index in [1.807, 2.05) is 59.5 Å². The van der Waals surface area contributed by atoms with Crippen LogP contribution in [0.3, 0.4) is 0 Å². The number of esters is 1. The maximum Gasteiger partial charge on any atom is 0.307 e. The third-order valence-corrected chi connectivity index (χ3v) is 9.30. The van der Waals surface area contributed by atoms with Crippen molar-refractivity contribution in [3.63, 3.8) is 0 Å². The first-order chi connectivity index (χ1) is 21.9. The summed E-state index contributed by atoms with van der Waals surface area (Å²) in [6.07, 6.45) is 5.46. The van der Waals surface area contributed by atoms with Crippen LogP contribution in [0.1, 0.15) is 77.9 Å². The number of rotatable bonds is 10. The number of carbonyl (C=O) groups excluding carboxylic acids is 4. The molecule has 1 fully saturated rings. The summed E-state index contributed by atoms with van der Waals surface area (Å²) < 4.78 is 10.0. The second-order valence-electron chi connectivity index (χ2n) is 11.8. The lowest BCUT2D eigenvalue weighted by Crippen LogP contribution is -2.49. The van der Waals surface area contributed by atoms with Crippen molar-refractivity contribution in [2.45, 2.75) is 56.3 Å². The Hall–Kier alpha value is -4.53. The predicted molar refractivity (Wildman–Crippen MR) is 169 cm³/mol.